The van der Waals surface area contributed by atoms with E-state index < -0.39 is 0 Å². The Balaban J connectivity index is 2.00. The molecule has 1 aromatic heterocycles. The number of aryl methyl sites for hydroxylation is 1. The largest absolute Gasteiger partial charge is 0.326 e. The first-order valence-electron chi connectivity index (χ1n) is 6.64. The van der Waals surface area contributed by atoms with Gasteiger partial charge < -0.3 is 10.3 Å². The van der Waals surface area contributed by atoms with E-state index in [1.165, 1.54) is 5.56 Å². The maximum atomic E-state index is 12.1. The smallest absolute Gasteiger partial charge is 0.317 e. The van der Waals surface area contributed by atoms with Crippen molar-refractivity contribution >= 4 is 11.0 Å². The number of hydrogen-bond donors (Lipinski definition) is 2. The summed E-state index contributed by atoms with van der Waals surface area (Å²) in [7, 11) is 0. The lowest BCUT2D eigenvalue weighted by Gasteiger charge is -2.23. The number of nitrogens with zero attached hydrogens (tertiary/aromatic N) is 1. The molecule has 0 radical (unpaired) electrons. The molecule has 1 aromatic carbocycles. The Kier molecular flexibility index (Phi) is 2.96. The molecule has 4 heteroatoms. The Morgan fingerprint density at radius 1 is 1.33 bits per heavy atom. The Morgan fingerprint density at radius 2 is 2.11 bits per heavy atom. The van der Waals surface area contributed by atoms with E-state index in [4.69, 9.17) is 0 Å². The average Bonchev–Trinajstić information content (AvgIpc) is 2.69. The molecule has 0 atom stereocenters. The van der Waals surface area contributed by atoms with E-state index in [9.17, 15) is 4.79 Å². The van der Waals surface area contributed by atoms with Crippen LogP contribution in [0.1, 0.15) is 18.4 Å². The Morgan fingerprint density at radius 3 is 2.89 bits per heavy atom. The minimum absolute atomic E-state index is 0.0258. The van der Waals surface area contributed by atoms with Gasteiger partial charge in [0, 0.05) is 6.54 Å². The molecule has 3 rings (SSSR count). The zero-order valence-electron chi connectivity index (χ0n) is 10.7. The fourth-order valence-electron chi connectivity index (χ4n) is 2.90. The van der Waals surface area contributed by atoms with E-state index in [2.05, 4.69) is 23.3 Å². The first-order chi connectivity index (χ1) is 8.75. The predicted molar refractivity (Wildman–Crippen MR) is 72.9 cm³/mol. The van der Waals surface area contributed by atoms with Crippen molar-refractivity contribution in [2.24, 2.45) is 5.92 Å². The van der Waals surface area contributed by atoms with Gasteiger partial charge in [0.25, 0.3) is 0 Å². The minimum Gasteiger partial charge on any atom is -0.317 e. The van der Waals surface area contributed by atoms with Gasteiger partial charge in [0.15, 0.2) is 0 Å². The van der Waals surface area contributed by atoms with Crippen LogP contribution in [0.3, 0.4) is 0 Å². The quantitative estimate of drug-likeness (QED) is 0.845. The second-order valence-corrected chi connectivity index (χ2v) is 5.21. The highest BCUT2D eigenvalue weighted by Crippen LogP contribution is 2.19. The van der Waals surface area contributed by atoms with Crippen molar-refractivity contribution < 1.29 is 0 Å². The van der Waals surface area contributed by atoms with E-state index in [1.54, 1.807) is 0 Å². The summed E-state index contributed by atoms with van der Waals surface area (Å²) in [6, 6.07) is 6.03. The highest BCUT2D eigenvalue weighted by molar-refractivity contribution is 5.78. The molecule has 0 bridgehead atoms. The maximum absolute atomic E-state index is 12.1. The Labute approximate surface area is 106 Å². The van der Waals surface area contributed by atoms with Gasteiger partial charge in [0.1, 0.15) is 0 Å². The van der Waals surface area contributed by atoms with Crippen molar-refractivity contribution in [3.05, 3.63) is 34.2 Å². The van der Waals surface area contributed by atoms with E-state index in [0.717, 1.165) is 43.5 Å². The monoisotopic (exact) mass is 245 g/mol. The van der Waals surface area contributed by atoms with Crippen molar-refractivity contribution in [2.45, 2.75) is 26.3 Å². The lowest BCUT2D eigenvalue weighted by Crippen LogP contribution is -2.32. The van der Waals surface area contributed by atoms with Crippen LogP contribution in [0, 0.1) is 12.8 Å². The maximum Gasteiger partial charge on any atom is 0.326 e. The summed E-state index contributed by atoms with van der Waals surface area (Å²) >= 11 is 0. The van der Waals surface area contributed by atoms with Crippen LogP contribution in [-0.4, -0.2) is 22.6 Å². The fourth-order valence-corrected chi connectivity index (χ4v) is 2.90. The number of para-hydroxylation sites is 1. The molecule has 18 heavy (non-hydrogen) atoms. The van der Waals surface area contributed by atoms with Crippen molar-refractivity contribution in [2.75, 3.05) is 13.1 Å². The SMILES string of the molecule is Cc1cccc2[nH]c(=O)n(CC3CCNCC3)c12. The lowest BCUT2D eigenvalue weighted by molar-refractivity contribution is 0.333. The topological polar surface area (TPSA) is 49.8 Å². The predicted octanol–water partition coefficient (Wildman–Crippen LogP) is 1.64. The van der Waals surface area contributed by atoms with E-state index in [-0.39, 0.29) is 5.69 Å². The summed E-state index contributed by atoms with van der Waals surface area (Å²) in [4.78, 5) is 15.0. The molecule has 1 aliphatic heterocycles. The summed E-state index contributed by atoms with van der Waals surface area (Å²) in [6.45, 7) is 5.04. The standard InChI is InChI=1S/C14H19N3O/c1-10-3-2-4-12-13(10)17(14(18)16-12)9-11-5-7-15-8-6-11/h2-4,11,15H,5-9H2,1H3,(H,16,18). The number of H-pyrrole nitrogens is 1. The summed E-state index contributed by atoms with van der Waals surface area (Å²) in [6.07, 6.45) is 2.32. The Hall–Kier alpha value is -1.55. The Bertz CT molecular complexity index is 605. The van der Waals surface area contributed by atoms with Crippen LogP contribution >= 0.6 is 0 Å². The number of aromatic nitrogens is 2. The highest BCUT2D eigenvalue weighted by atomic mass is 16.1. The molecule has 0 amide bonds. The molecular weight excluding hydrogens is 226 g/mol. The second kappa shape index (κ2) is 4.61. The summed E-state index contributed by atoms with van der Waals surface area (Å²) in [5.41, 5.74) is 3.22. The fraction of sp³-hybridized carbons (Fsp3) is 0.500. The van der Waals surface area contributed by atoms with Gasteiger partial charge >= 0.3 is 5.69 Å². The number of nitrogens with one attached hydrogen (secondary N) is 2. The molecule has 1 saturated heterocycles. The molecule has 4 nitrogen and oxygen atoms in total. The summed E-state index contributed by atoms with van der Waals surface area (Å²) in [5, 5.41) is 3.36. The van der Waals surface area contributed by atoms with Gasteiger partial charge in [-0.05, 0) is 50.4 Å². The number of fused-ring (bicyclic) bond motifs is 1. The van der Waals surface area contributed by atoms with Gasteiger partial charge in [0.2, 0.25) is 0 Å². The van der Waals surface area contributed by atoms with Gasteiger partial charge in [0.05, 0.1) is 11.0 Å². The molecule has 0 aliphatic carbocycles. The first kappa shape index (κ1) is 11.5. The molecule has 0 spiro atoms. The summed E-state index contributed by atoms with van der Waals surface area (Å²) in [5.74, 6) is 0.613. The van der Waals surface area contributed by atoms with Crippen molar-refractivity contribution in [1.82, 2.24) is 14.9 Å². The number of imidazole rings is 1. The highest BCUT2D eigenvalue weighted by Gasteiger charge is 2.17. The van der Waals surface area contributed by atoms with Crippen molar-refractivity contribution in [3.63, 3.8) is 0 Å². The van der Waals surface area contributed by atoms with Crippen LogP contribution in [0.4, 0.5) is 0 Å². The minimum atomic E-state index is 0.0258. The third-order valence-electron chi connectivity index (χ3n) is 3.89. The van der Waals surface area contributed by atoms with E-state index in [1.807, 2.05) is 16.7 Å². The molecule has 1 fully saturated rings. The molecule has 2 N–H and O–H groups in total. The molecule has 96 valence electrons. The second-order valence-electron chi connectivity index (χ2n) is 5.21. The first-order valence-corrected chi connectivity index (χ1v) is 6.64. The number of piperidine rings is 1. The number of hydrogen-bond acceptors (Lipinski definition) is 2. The normalized spacial score (nSPS) is 17.4. The third kappa shape index (κ3) is 1.97. The van der Waals surface area contributed by atoms with Crippen LogP contribution in [0.2, 0.25) is 0 Å². The van der Waals surface area contributed by atoms with Crippen LogP contribution < -0.4 is 11.0 Å². The van der Waals surface area contributed by atoms with Gasteiger partial charge in [-0.3, -0.25) is 4.57 Å². The number of rotatable bonds is 2. The van der Waals surface area contributed by atoms with Crippen molar-refractivity contribution in [1.29, 1.82) is 0 Å². The zero-order chi connectivity index (χ0) is 12.5. The van der Waals surface area contributed by atoms with Gasteiger partial charge in [-0.15, -0.1) is 0 Å². The molecule has 0 unspecified atom stereocenters. The van der Waals surface area contributed by atoms with Crippen LogP contribution in [0.25, 0.3) is 11.0 Å². The zero-order valence-corrected chi connectivity index (χ0v) is 10.7. The molecule has 0 saturated carbocycles. The number of aromatic amines is 1. The van der Waals surface area contributed by atoms with Gasteiger partial charge in [-0.2, -0.15) is 0 Å². The van der Waals surface area contributed by atoms with Crippen molar-refractivity contribution in [3.8, 4) is 0 Å². The summed E-state index contributed by atoms with van der Waals surface area (Å²) < 4.78 is 1.92. The van der Waals surface area contributed by atoms with Gasteiger partial charge in [-0.25, -0.2) is 4.79 Å². The molecule has 2 heterocycles. The average molecular weight is 245 g/mol. The van der Waals surface area contributed by atoms with Crippen LogP contribution in [-0.2, 0) is 6.54 Å². The molecule has 2 aromatic rings. The lowest BCUT2D eigenvalue weighted by atomic mass is 9.98. The van der Waals surface area contributed by atoms with Crippen LogP contribution in [0.5, 0.6) is 0 Å². The van der Waals surface area contributed by atoms with E-state index in [0.29, 0.717) is 5.92 Å². The van der Waals surface area contributed by atoms with E-state index >= 15 is 0 Å². The number of benzene rings is 1. The van der Waals surface area contributed by atoms with Gasteiger partial charge in [-0.1, -0.05) is 12.1 Å². The molecular formula is C14H19N3O. The van der Waals surface area contributed by atoms with Crippen LogP contribution in [0.15, 0.2) is 23.0 Å². The molecule has 1 aliphatic rings. The third-order valence-corrected chi connectivity index (χ3v) is 3.89.